The molecule has 1 aromatic rings. The predicted octanol–water partition coefficient (Wildman–Crippen LogP) is 6.62. The van der Waals surface area contributed by atoms with Crippen molar-refractivity contribution in [3.63, 3.8) is 0 Å². The first-order valence-electron chi connectivity index (χ1n) is 14.9. The lowest BCUT2D eigenvalue weighted by molar-refractivity contribution is -0.118. The second-order valence-corrected chi connectivity index (χ2v) is 22.8. The van der Waals surface area contributed by atoms with E-state index >= 15 is 0 Å². The van der Waals surface area contributed by atoms with Gasteiger partial charge in [0, 0.05) is 28.5 Å². The number of phosphoric acid groups is 1. The number of phosphoric ester groups is 1. The third-order valence-corrected chi connectivity index (χ3v) is 15.5. The standard InChI is InChI=1S/C29H50N3O10PS2Si/c1-27(2,3)24(33)44-16-14-38-43(37,39-15-17-45-25(34)28(4,5)6)40-19-20-18-21(42-46(10,11)29(7,8)9)23(41-20)32-13-12-22(31-36)30-26(32)35/h12-13,18,21,23,36H,14-17,19H2,1-11H3,(H,30,31,35)/t21-,23-/m1/s1. The summed E-state index contributed by atoms with van der Waals surface area (Å²) in [6.07, 6.45) is 1.41. The zero-order valence-corrected chi connectivity index (χ0v) is 32.2. The van der Waals surface area contributed by atoms with Gasteiger partial charge < -0.3 is 9.16 Å². The fourth-order valence-electron chi connectivity index (χ4n) is 3.36. The van der Waals surface area contributed by atoms with E-state index in [0.717, 1.165) is 23.5 Å². The van der Waals surface area contributed by atoms with E-state index in [0.29, 0.717) is 0 Å². The van der Waals surface area contributed by atoms with Gasteiger partial charge in [-0.25, -0.2) is 9.36 Å². The Balaban J connectivity index is 2.24. The first-order chi connectivity index (χ1) is 21.0. The molecule has 0 bridgehead atoms. The van der Waals surface area contributed by atoms with Crippen molar-refractivity contribution in [3.05, 3.63) is 34.6 Å². The van der Waals surface area contributed by atoms with E-state index in [1.807, 2.05) is 47.0 Å². The Bertz CT molecular complexity index is 1310. The van der Waals surface area contributed by atoms with Gasteiger partial charge in [0.1, 0.15) is 18.5 Å². The molecule has 1 aliphatic rings. The number of nitrogens with one attached hydrogen (secondary N) is 1. The zero-order chi connectivity index (χ0) is 35.1. The molecule has 2 N–H and O–H groups in total. The molecule has 1 aliphatic heterocycles. The summed E-state index contributed by atoms with van der Waals surface area (Å²) in [5.74, 6) is 0.648. The van der Waals surface area contributed by atoms with Gasteiger partial charge in [-0.2, -0.15) is 4.98 Å². The number of ether oxygens (including phenoxy) is 1. The Hall–Kier alpha value is -1.49. The van der Waals surface area contributed by atoms with Gasteiger partial charge in [0.05, 0.1) is 13.2 Å². The van der Waals surface area contributed by atoms with Gasteiger partial charge in [0.2, 0.25) is 6.23 Å². The smallest absolute Gasteiger partial charge is 0.469 e. The van der Waals surface area contributed by atoms with Crippen LogP contribution >= 0.6 is 31.3 Å². The minimum atomic E-state index is -4.19. The largest absolute Gasteiger partial charge is 0.475 e. The molecular formula is C29H50N3O10PS2Si. The number of carbonyl (C=O) groups excluding carboxylic acids is 2. The van der Waals surface area contributed by atoms with E-state index < -0.39 is 45.0 Å². The summed E-state index contributed by atoms with van der Waals surface area (Å²) >= 11 is 2.12. The van der Waals surface area contributed by atoms with Gasteiger partial charge in [0.15, 0.2) is 24.4 Å². The van der Waals surface area contributed by atoms with E-state index in [-0.39, 0.29) is 58.2 Å². The van der Waals surface area contributed by atoms with Crippen molar-refractivity contribution < 1.29 is 42.1 Å². The Kier molecular flexibility index (Phi) is 14.4. The molecule has 46 heavy (non-hydrogen) atoms. The second kappa shape index (κ2) is 16.3. The summed E-state index contributed by atoms with van der Waals surface area (Å²) in [5, 5.41) is 8.92. The number of aromatic nitrogens is 2. The summed E-state index contributed by atoms with van der Waals surface area (Å²) in [6.45, 7) is 20.7. The summed E-state index contributed by atoms with van der Waals surface area (Å²) in [7, 11) is -6.57. The number of carbonyl (C=O) groups is 2. The molecule has 0 aromatic carbocycles. The molecule has 13 nitrogen and oxygen atoms in total. The van der Waals surface area contributed by atoms with Crippen LogP contribution in [-0.4, -0.2) is 70.7 Å². The van der Waals surface area contributed by atoms with Gasteiger partial charge in [-0.3, -0.25) is 38.4 Å². The zero-order valence-electron chi connectivity index (χ0n) is 28.7. The van der Waals surface area contributed by atoms with Gasteiger partial charge in [-0.05, 0) is 30.3 Å². The van der Waals surface area contributed by atoms with E-state index in [2.05, 4.69) is 38.8 Å². The maximum absolute atomic E-state index is 13.7. The molecule has 0 spiro atoms. The minimum absolute atomic E-state index is 0.0300. The highest BCUT2D eigenvalue weighted by Crippen LogP contribution is 2.51. The third-order valence-electron chi connectivity index (χ3n) is 7.08. The van der Waals surface area contributed by atoms with Crippen LogP contribution in [0.5, 0.6) is 0 Å². The van der Waals surface area contributed by atoms with Crippen LogP contribution in [-0.2, 0) is 36.9 Å². The SMILES string of the molecule is CC(C)(C)C(=O)SCCOP(=O)(OCCSC(=O)C(C)(C)C)OCC1=C[C@@H](O[Si](C)(C)C(C)(C)C)[C@H](n2ccc(NO)nc2=O)O1. The first kappa shape index (κ1) is 40.7. The molecule has 1 aromatic heterocycles. The Morgan fingerprint density at radius 2 is 1.52 bits per heavy atom. The number of anilines is 1. The van der Waals surface area contributed by atoms with Gasteiger partial charge >= 0.3 is 13.5 Å². The first-order valence-corrected chi connectivity index (χ1v) is 21.3. The molecule has 2 atom stereocenters. The van der Waals surface area contributed by atoms with Gasteiger partial charge in [-0.1, -0.05) is 85.8 Å². The van der Waals surface area contributed by atoms with Crippen LogP contribution in [0.25, 0.3) is 0 Å². The van der Waals surface area contributed by atoms with Crippen LogP contribution in [0.4, 0.5) is 5.82 Å². The fourth-order valence-corrected chi connectivity index (χ4v) is 7.53. The predicted molar refractivity (Wildman–Crippen MR) is 183 cm³/mol. The maximum atomic E-state index is 13.7. The molecule has 262 valence electrons. The van der Waals surface area contributed by atoms with Crippen molar-refractivity contribution in [3.8, 4) is 0 Å². The molecule has 0 aliphatic carbocycles. The Morgan fingerprint density at radius 1 is 1.00 bits per heavy atom. The minimum Gasteiger partial charge on any atom is -0.469 e. The molecule has 17 heteroatoms. The van der Waals surface area contributed by atoms with E-state index in [1.165, 1.54) is 16.8 Å². The maximum Gasteiger partial charge on any atom is 0.475 e. The van der Waals surface area contributed by atoms with Crippen LogP contribution < -0.4 is 11.2 Å². The van der Waals surface area contributed by atoms with Gasteiger partial charge in [0.25, 0.3) is 0 Å². The molecular weight excluding hydrogens is 674 g/mol. The Labute approximate surface area is 281 Å². The average Bonchev–Trinajstić information content (AvgIpc) is 3.32. The van der Waals surface area contributed by atoms with E-state index in [9.17, 15) is 18.9 Å². The molecule has 0 unspecified atom stereocenters. The fraction of sp³-hybridized carbons (Fsp3) is 0.724. The molecule has 0 radical (unpaired) electrons. The van der Waals surface area contributed by atoms with Crippen LogP contribution in [0.15, 0.2) is 28.9 Å². The van der Waals surface area contributed by atoms with E-state index in [4.69, 9.17) is 27.9 Å². The number of nitrogens with zero attached hydrogens (tertiary/aromatic N) is 2. The lowest BCUT2D eigenvalue weighted by atomic mass is 9.99. The number of thioether (sulfide) groups is 2. The Morgan fingerprint density at radius 3 is 1.96 bits per heavy atom. The summed E-state index contributed by atoms with van der Waals surface area (Å²) < 4.78 is 44.5. The van der Waals surface area contributed by atoms with Gasteiger partial charge in [-0.15, -0.1) is 0 Å². The summed E-state index contributed by atoms with van der Waals surface area (Å²) in [4.78, 5) is 41.2. The van der Waals surface area contributed by atoms with Crippen molar-refractivity contribution in [2.75, 3.05) is 36.8 Å². The number of hydrogen-bond acceptors (Lipinski definition) is 14. The lowest BCUT2D eigenvalue weighted by Crippen LogP contribution is -2.46. The number of hydrogen-bond donors (Lipinski definition) is 2. The highest BCUT2D eigenvalue weighted by molar-refractivity contribution is 8.14. The average molecular weight is 724 g/mol. The molecule has 0 saturated carbocycles. The van der Waals surface area contributed by atoms with Crippen LogP contribution in [0.2, 0.25) is 18.1 Å². The van der Waals surface area contributed by atoms with Crippen molar-refractivity contribution in [2.24, 2.45) is 10.8 Å². The number of rotatable bonds is 15. The summed E-state index contributed by atoms with van der Waals surface area (Å²) in [6, 6.07) is 1.41. The topological polar surface area (TPSA) is 165 Å². The molecule has 0 fully saturated rings. The van der Waals surface area contributed by atoms with Crippen LogP contribution in [0.1, 0.15) is 68.5 Å². The van der Waals surface area contributed by atoms with E-state index in [1.54, 1.807) is 6.08 Å². The van der Waals surface area contributed by atoms with Crippen molar-refractivity contribution >= 4 is 55.7 Å². The third kappa shape index (κ3) is 12.2. The van der Waals surface area contributed by atoms with Crippen LogP contribution in [0.3, 0.4) is 0 Å². The normalized spacial score (nSPS) is 17.9. The van der Waals surface area contributed by atoms with Crippen molar-refractivity contribution in [1.82, 2.24) is 9.55 Å². The monoisotopic (exact) mass is 723 g/mol. The lowest BCUT2D eigenvalue weighted by Gasteiger charge is -2.39. The molecule has 0 amide bonds. The molecule has 2 heterocycles. The quantitative estimate of drug-likeness (QED) is 0.0859. The second-order valence-electron chi connectivity index (χ2n) is 14.3. The summed E-state index contributed by atoms with van der Waals surface area (Å²) in [5.41, 5.74) is 0.0675. The van der Waals surface area contributed by atoms with Crippen molar-refractivity contribution in [2.45, 2.75) is 92.8 Å². The van der Waals surface area contributed by atoms with Crippen LogP contribution in [0, 0.1) is 10.8 Å². The van der Waals surface area contributed by atoms with Crippen molar-refractivity contribution in [1.29, 1.82) is 0 Å². The highest BCUT2D eigenvalue weighted by atomic mass is 32.2. The highest BCUT2D eigenvalue weighted by Gasteiger charge is 2.44. The molecule has 0 saturated heterocycles. The molecule has 2 rings (SSSR count).